The van der Waals surface area contributed by atoms with Gasteiger partial charge in [-0.15, -0.1) is 0 Å². The Balaban J connectivity index is 2.25. The summed E-state index contributed by atoms with van der Waals surface area (Å²) in [7, 11) is 1.31. The minimum absolute atomic E-state index is 0.0729. The molecule has 0 spiro atoms. The molecule has 29 heavy (non-hydrogen) atoms. The van der Waals surface area contributed by atoms with E-state index in [0.717, 1.165) is 16.7 Å². The van der Waals surface area contributed by atoms with Crippen molar-refractivity contribution in [3.63, 3.8) is 0 Å². The third-order valence-electron chi connectivity index (χ3n) is 4.05. The fourth-order valence-corrected chi connectivity index (χ4v) is 2.75. The summed E-state index contributed by atoms with van der Waals surface area (Å²) in [5.41, 5.74) is 2.05. The number of methoxy groups -OCH3 is 1. The summed E-state index contributed by atoms with van der Waals surface area (Å²) < 4.78 is 9.86. The molecule has 2 aromatic carbocycles. The molecule has 2 rings (SSSR count). The molecule has 0 aliphatic heterocycles. The van der Waals surface area contributed by atoms with Crippen molar-refractivity contribution in [1.29, 1.82) is 0 Å². The lowest BCUT2D eigenvalue weighted by Crippen LogP contribution is -2.44. The lowest BCUT2D eigenvalue weighted by atomic mass is 9.94. The van der Waals surface area contributed by atoms with Gasteiger partial charge in [0.1, 0.15) is 11.6 Å². The molecular formula is C22H25NO6. The number of benzene rings is 2. The van der Waals surface area contributed by atoms with Crippen LogP contribution in [0.4, 0.5) is 4.79 Å². The maximum absolute atomic E-state index is 12.0. The van der Waals surface area contributed by atoms with E-state index < -0.39 is 29.7 Å². The SMILES string of the molecule is COC(=O)c1ccc(-c2ccccc2CC(NC(=O)OC(C)(C)C)C(=O)O)cc1. The third kappa shape index (κ3) is 6.34. The van der Waals surface area contributed by atoms with Crippen LogP contribution in [0.15, 0.2) is 48.5 Å². The number of rotatable bonds is 6. The fraction of sp³-hybridized carbons (Fsp3) is 0.318. The van der Waals surface area contributed by atoms with Gasteiger partial charge in [0.25, 0.3) is 0 Å². The molecule has 2 N–H and O–H groups in total. The molecule has 0 fully saturated rings. The minimum Gasteiger partial charge on any atom is -0.480 e. The first-order chi connectivity index (χ1) is 13.6. The highest BCUT2D eigenvalue weighted by molar-refractivity contribution is 5.90. The second-order valence-electron chi connectivity index (χ2n) is 7.47. The number of aliphatic carboxylic acids is 1. The monoisotopic (exact) mass is 399 g/mol. The number of carbonyl (C=O) groups is 3. The maximum Gasteiger partial charge on any atom is 0.408 e. The topological polar surface area (TPSA) is 102 Å². The number of nitrogens with one attached hydrogen (secondary N) is 1. The molecule has 0 aliphatic carbocycles. The average Bonchev–Trinajstić information content (AvgIpc) is 2.66. The molecular weight excluding hydrogens is 374 g/mol. The summed E-state index contributed by atoms with van der Waals surface area (Å²) in [6.45, 7) is 5.11. The number of carbonyl (C=O) groups excluding carboxylic acids is 2. The van der Waals surface area contributed by atoms with Crippen molar-refractivity contribution in [1.82, 2.24) is 5.32 Å². The zero-order valence-corrected chi connectivity index (χ0v) is 16.9. The van der Waals surface area contributed by atoms with E-state index in [1.165, 1.54) is 7.11 Å². The Morgan fingerprint density at radius 3 is 2.21 bits per heavy atom. The van der Waals surface area contributed by atoms with Crippen molar-refractivity contribution < 1.29 is 29.0 Å². The summed E-state index contributed by atoms with van der Waals surface area (Å²) in [6.07, 6.45) is -0.714. The van der Waals surface area contributed by atoms with Gasteiger partial charge in [-0.1, -0.05) is 36.4 Å². The smallest absolute Gasteiger partial charge is 0.408 e. The van der Waals surface area contributed by atoms with Crippen LogP contribution in [0, 0.1) is 0 Å². The van der Waals surface area contributed by atoms with Crippen LogP contribution in [0.25, 0.3) is 11.1 Å². The Morgan fingerprint density at radius 2 is 1.66 bits per heavy atom. The van der Waals surface area contributed by atoms with E-state index in [1.807, 2.05) is 12.1 Å². The van der Waals surface area contributed by atoms with Crippen molar-refractivity contribution in [2.75, 3.05) is 7.11 Å². The quantitative estimate of drug-likeness (QED) is 0.719. The van der Waals surface area contributed by atoms with Gasteiger partial charge >= 0.3 is 18.0 Å². The van der Waals surface area contributed by atoms with Gasteiger partial charge in [-0.3, -0.25) is 0 Å². The van der Waals surface area contributed by atoms with Crippen LogP contribution in [0.5, 0.6) is 0 Å². The minimum atomic E-state index is -1.16. The Morgan fingerprint density at radius 1 is 1.03 bits per heavy atom. The Labute approximate surface area is 169 Å². The molecule has 7 heteroatoms. The van der Waals surface area contributed by atoms with Gasteiger partial charge in [-0.2, -0.15) is 0 Å². The zero-order valence-electron chi connectivity index (χ0n) is 16.9. The molecule has 0 aliphatic rings. The van der Waals surface area contributed by atoms with Crippen molar-refractivity contribution in [2.24, 2.45) is 0 Å². The number of carboxylic acid groups (broad SMARTS) is 1. The molecule has 0 saturated carbocycles. The third-order valence-corrected chi connectivity index (χ3v) is 4.05. The van der Waals surface area contributed by atoms with Crippen LogP contribution in [-0.2, 0) is 20.7 Å². The van der Waals surface area contributed by atoms with E-state index in [2.05, 4.69) is 5.32 Å². The number of esters is 1. The summed E-state index contributed by atoms with van der Waals surface area (Å²) >= 11 is 0. The average molecular weight is 399 g/mol. The van der Waals surface area contributed by atoms with Gasteiger partial charge in [-0.25, -0.2) is 14.4 Å². The predicted molar refractivity (Wildman–Crippen MR) is 108 cm³/mol. The van der Waals surface area contributed by atoms with Gasteiger partial charge in [0.05, 0.1) is 12.7 Å². The molecule has 1 unspecified atom stereocenters. The molecule has 0 aromatic heterocycles. The van der Waals surface area contributed by atoms with E-state index in [9.17, 15) is 19.5 Å². The number of amides is 1. The number of ether oxygens (including phenoxy) is 2. The number of hydrogen-bond acceptors (Lipinski definition) is 5. The molecule has 1 atom stereocenters. The van der Waals surface area contributed by atoms with Gasteiger partial charge in [-0.05, 0) is 49.6 Å². The highest BCUT2D eigenvalue weighted by atomic mass is 16.6. The summed E-state index contributed by atoms with van der Waals surface area (Å²) in [4.78, 5) is 35.3. The molecule has 7 nitrogen and oxygen atoms in total. The number of carboxylic acids is 1. The van der Waals surface area contributed by atoms with Gasteiger partial charge in [0.15, 0.2) is 0 Å². The van der Waals surface area contributed by atoms with Crippen LogP contribution >= 0.6 is 0 Å². The fourth-order valence-electron chi connectivity index (χ4n) is 2.75. The summed E-state index contributed by atoms with van der Waals surface area (Å²) in [5.74, 6) is -1.59. The Hall–Kier alpha value is -3.35. The predicted octanol–water partition coefficient (Wildman–Crippen LogP) is 3.66. The number of hydrogen-bond donors (Lipinski definition) is 2. The molecule has 1 amide bonds. The maximum atomic E-state index is 12.0. The first-order valence-electron chi connectivity index (χ1n) is 9.09. The Bertz CT molecular complexity index is 883. The Kier molecular flexibility index (Phi) is 6.98. The molecule has 154 valence electrons. The van der Waals surface area contributed by atoms with Gasteiger partial charge in [0.2, 0.25) is 0 Å². The highest BCUT2D eigenvalue weighted by Crippen LogP contribution is 2.25. The highest BCUT2D eigenvalue weighted by Gasteiger charge is 2.25. The van der Waals surface area contributed by atoms with E-state index in [-0.39, 0.29) is 6.42 Å². The molecule has 0 radical (unpaired) electrons. The zero-order chi connectivity index (χ0) is 21.6. The largest absolute Gasteiger partial charge is 0.480 e. The van der Waals surface area contributed by atoms with Crippen molar-refractivity contribution in [3.05, 3.63) is 59.7 Å². The second kappa shape index (κ2) is 9.23. The summed E-state index contributed by atoms with van der Waals surface area (Å²) in [6, 6.07) is 13.0. The summed E-state index contributed by atoms with van der Waals surface area (Å²) in [5, 5.41) is 12.0. The van der Waals surface area contributed by atoms with E-state index >= 15 is 0 Å². The molecule has 0 bridgehead atoms. The normalized spacial score (nSPS) is 12.0. The van der Waals surface area contributed by atoms with E-state index in [0.29, 0.717) is 5.56 Å². The first kappa shape index (κ1) is 21.9. The van der Waals surface area contributed by atoms with Crippen LogP contribution < -0.4 is 5.32 Å². The molecule has 0 heterocycles. The number of alkyl carbamates (subject to hydrolysis) is 1. The van der Waals surface area contributed by atoms with Gasteiger partial charge in [0, 0.05) is 6.42 Å². The van der Waals surface area contributed by atoms with Crippen LogP contribution in [0.2, 0.25) is 0 Å². The first-order valence-corrected chi connectivity index (χ1v) is 9.09. The van der Waals surface area contributed by atoms with Crippen LogP contribution in [0.1, 0.15) is 36.7 Å². The van der Waals surface area contributed by atoms with Crippen molar-refractivity contribution >= 4 is 18.0 Å². The van der Waals surface area contributed by atoms with Crippen molar-refractivity contribution in [2.45, 2.75) is 38.8 Å². The van der Waals surface area contributed by atoms with Crippen molar-refractivity contribution in [3.8, 4) is 11.1 Å². The van der Waals surface area contributed by atoms with E-state index in [1.54, 1.807) is 57.2 Å². The van der Waals surface area contributed by atoms with E-state index in [4.69, 9.17) is 9.47 Å². The standard InChI is InChI=1S/C22H25NO6/c1-22(2,3)29-21(27)23-18(19(24)25)13-16-7-5-6-8-17(16)14-9-11-15(12-10-14)20(26)28-4/h5-12,18H,13H2,1-4H3,(H,23,27)(H,24,25). The second-order valence-corrected chi connectivity index (χ2v) is 7.47. The molecule has 0 saturated heterocycles. The van der Waals surface area contributed by atoms with Crippen LogP contribution in [-0.4, -0.2) is 41.9 Å². The van der Waals surface area contributed by atoms with Crippen LogP contribution in [0.3, 0.4) is 0 Å². The lowest BCUT2D eigenvalue weighted by Gasteiger charge is -2.22. The molecule has 2 aromatic rings. The lowest BCUT2D eigenvalue weighted by molar-refractivity contribution is -0.139. The van der Waals surface area contributed by atoms with Gasteiger partial charge < -0.3 is 19.9 Å².